The first-order valence-corrected chi connectivity index (χ1v) is 6.15. The van der Waals surface area contributed by atoms with E-state index in [2.05, 4.69) is 31.4 Å². The molecular formula is C12H26N2. The minimum absolute atomic E-state index is 0.695. The Morgan fingerprint density at radius 2 is 1.79 bits per heavy atom. The summed E-state index contributed by atoms with van der Waals surface area (Å²) < 4.78 is 0. The SMILES string of the molecule is CC(C)CCC(C)NC1CCNCC1. The summed E-state index contributed by atoms with van der Waals surface area (Å²) in [6, 6.07) is 1.46. The van der Waals surface area contributed by atoms with Crippen LogP contribution in [0.3, 0.4) is 0 Å². The second-order valence-corrected chi connectivity index (χ2v) is 5.06. The van der Waals surface area contributed by atoms with Crippen LogP contribution in [0.15, 0.2) is 0 Å². The predicted octanol–water partition coefficient (Wildman–Crippen LogP) is 2.15. The first kappa shape index (κ1) is 12.0. The molecular weight excluding hydrogens is 172 g/mol. The van der Waals surface area contributed by atoms with Crippen LogP contribution in [-0.4, -0.2) is 25.2 Å². The predicted molar refractivity (Wildman–Crippen MR) is 62.6 cm³/mol. The van der Waals surface area contributed by atoms with Crippen LogP contribution in [0, 0.1) is 5.92 Å². The molecule has 1 unspecified atom stereocenters. The maximum Gasteiger partial charge on any atom is 0.00937 e. The van der Waals surface area contributed by atoms with Crippen LogP contribution < -0.4 is 10.6 Å². The van der Waals surface area contributed by atoms with Crippen molar-refractivity contribution < 1.29 is 0 Å². The average molecular weight is 198 g/mol. The Labute approximate surface area is 88.8 Å². The Kier molecular flexibility index (Phi) is 5.49. The van der Waals surface area contributed by atoms with E-state index in [9.17, 15) is 0 Å². The van der Waals surface area contributed by atoms with Gasteiger partial charge in [0.05, 0.1) is 0 Å². The van der Waals surface area contributed by atoms with Gasteiger partial charge in [0.15, 0.2) is 0 Å². The summed E-state index contributed by atoms with van der Waals surface area (Å²) >= 11 is 0. The standard InChI is InChI=1S/C12H26N2/c1-10(2)4-5-11(3)14-12-6-8-13-9-7-12/h10-14H,4-9H2,1-3H3. The van der Waals surface area contributed by atoms with Crippen LogP contribution in [0.25, 0.3) is 0 Å². The van der Waals surface area contributed by atoms with Gasteiger partial charge in [0.2, 0.25) is 0 Å². The van der Waals surface area contributed by atoms with E-state index >= 15 is 0 Å². The highest BCUT2D eigenvalue weighted by molar-refractivity contribution is 4.77. The molecule has 84 valence electrons. The zero-order valence-electron chi connectivity index (χ0n) is 9.97. The molecule has 0 saturated carbocycles. The average Bonchev–Trinajstić information content (AvgIpc) is 2.16. The maximum atomic E-state index is 3.73. The van der Waals surface area contributed by atoms with Crippen LogP contribution in [0.1, 0.15) is 46.5 Å². The van der Waals surface area contributed by atoms with E-state index in [4.69, 9.17) is 0 Å². The van der Waals surface area contributed by atoms with Crippen LogP contribution in [0.5, 0.6) is 0 Å². The molecule has 2 N–H and O–H groups in total. The molecule has 14 heavy (non-hydrogen) atoms. The molecule has 0 aromatic heterocycles. The van der Waals surface area contributed by atoms with Gasteiger partial charge in [-0.05, 0) is 51.6 Å². The molecule has 0 radical (unpaired) electrons. The van der Waals surface area contributed by atoms with Gasteiger partial charge < -0.3 is 10.6 Å². The van der Waals surface area contributed by atoms with Gasteiger partial charge in [-0.2, -0.15) is 0 Å². The third-order valence-corrected chi connectivity index (χ3v) is 3.04. The van der Waals surface area contributed by atoms with E-state index in [1.54, 1.807) is 0 Å². The number of hydrogen-bond donors (Lipinski definition) is 2. The van der Waals surface area contributed by atoms with E-state index in [0.29, 0.717) is 6.04 Å². The van der Waals surface area contributed by atoms with Gasteiger partial charge in [-0.15, -0.1) is 0 Å². The first-order valence-electron chi connectivity index (χ1n) is 6.15. The molecule has 0 aromatic rings. The Morgan fingerprint density at radius 3 is 2.36 bits per heavy atom. The lowest BCUT2D eigenvalue weighted by Gasteiger charge is -2.27. The molecule has 0 bridgehead atoms. The molecule has 1 saturated heterocycles. The topological polar surface area (TPSA) is 24.1 Å². The molecule has 2 heteroatoms. The molecule has 1 heterocycles. The molecule has 1 aliphatic heterocycles. The molecule has 1 aliphatic rings. The lowest BCUT2D eigenvalue weighted by molar-refractivity contribution is 0.337. The normalized spacial score (nSPS) is 21.4. The van der Waals surface area contributed by atoms with E-state index in [1.807, 2.05) is 0 Å². The zero-order valence-corrected chi connectivity index (χ0v) is 9.97. The molecule has 0 spiro atoms. The monoisotopic (exact) mass is 198 g/mol. The van der Waals surface area contributed by atoms with E-state index in [-0.39, 0.29) is 0 Å². The second-order valence-electron chi connectivity index (χ2n) is 5.06. The lowest BCUT2D eigenvalue weighted by atomic mass is 10.0. The Hall–Kier alpha value is -0.0800. The van der Waals surface area contributed by atoms with Gasteiger partial charge in [0, 0.05) is 12.1 Å². The van der Waals surface area contributed by atoms with Gasteiger partial charge in [-0.25, -0.2) is 0 Å². The van der Waals surface area contributed by atoms with Gasteiger partial charge in [0.1, 0.15) is 0 Å². The quantitative estimate of drug-likeness (QED) is 0.707. The van der Waals surface area contributed by atoms with Crippen molar-refractivity contribution in [3.63, 3.8) is 0 Å². The fourth-order valence-electron chi connectivity index (χ4n) is 2.06. The van der Waals surface area contributed by atoms with Crippen molar-refractivity contribution in [3.8, 4) is 0 Å². The van der Waals surface area contributed by atoms with Gasteiger partial charge in [0.25, 0.3) is 0 Å². The summed E-state index contributed by atoms with van der Waals surface area (Å²) in [7, 11) is 0. The summed E-state index contributed by atoms with van der Waals surface area (Å²) in [6.45, 7) is 9.31. The largest absolute Gasteiger partial charge is 0.317 e. The Balaban J connectivity index is 2.09. The summed E-state index contributed by atoms with van der Waals surface area (Å²) in [5, 5.41) is 7.13. The van der Waals surface area contributed by atoms with Crippen molar-refractivity contribution in [2.24, 2.45) is 5.92 Å². The second kappa shape index (κ2) is 6.41. The first-order chi connectivity index (χ1) is 6.68. The van der Waals surface area contributed by atoms with Crippen LogP contribution in [0.4, 0.5) is 0 Å². The molecule has 0 amide bonds. The van der Waals surface area contributed by atoms with Crippen LogP contribution >= 0.6 is 0 Å². The van der Waals surface area contributed by atoms with Gasteiger partial charge >= 0.3 is 0 Å². The zero-order chi connectivity index (χ0) is 10.4. The third kappa shape index (κ3) is 4.97. The van der Waals surface area contributed by atoms with E-state index in [1.165, 1.54) is 38.8 Å². The fourth-order valence-corrected chi connectivity index (χ4v) is 2.06. The molecule has 0 aliphatic carbocycles. The fraction of sp³-hybridized carbons (Fsp3) is 1.00. The highest BCUT2D eigenvalue weighted by Gasteiger charge is 2.14. The van der Waals surface area contributed by atoms with Gasteiger partial charge in [-0.3, -0.25) is 0 Å². The van der Waals surface area contributed by atoms with Crippen molar-refractivity contribution in [1.82, 2.24) is 10.6 Å². The van der Waals surface area contributed by atoms with Crippen molar-refractivity contribution in [3.05, 3.63) is 0 Å². The molecule has 1 fully saturated rings. The number of nitrogens with one attached hydrogen (secondary N) is 2. The number of hydrogen-bond acceptors (Lipinski definition) is 2. The number of piperidine rings is 1. The molecule has 0 aromatic carbocycles. The van der Waals surface area contributed by atoms with Crippen LogP contribution in [0.2, 0.25) is 0 Å². The van der Waals surface area contributed by atoms with Crippen molar-refractivity contribution in [2.75, 3.05) is 13.1 Å². The molecule has 1 rings (SSSR count). The minimum Gasteiger partial charge on any atom is -0.317 e. The highest BCUT2D eigenvalue weighted by atomic mass is 15.0. The van der Waals surface area contributed by atoms with E-state index in [0.717, 1.165) is 12.0 Å². The summed E-state index contributed by atoms with van der Waals surface area (Å²) in [6.07, 6.45) is 5.26. The summed E-state index contributed by atoms with van der Waals surface area (Å²) in [5.41, 5.74) is 0. The van der Waals surface area contributed by atoms with Crippen molar-refractivity contribution in [1.29, 1.82) is 0 Å². The van der Waals surface area contributed by atoms with E-state index < -0.39 is 0 Å². The third-order valence-electron chi connectivity index (χ3n) is 3.04. The lowest BCUT2D eigenvalue weighted by Crippen LogP contribution is -2.43. The highest BCUT2D eigenvalue weighted by Crippen LogP contribution is 2.09. The van der Waals surface area contributed by atoms with Crippen molar-refractivity contribution >= 4 is 0 Å². The smallest absolute Gasteiger partial charge is 0.00937 e. The summed E-state index contributed by atoms with van der Waals surface area (Å²) in [5.74, 6) is 0.840. The van der Waals surface area contributed by atoms with Crippen molar-refractivity contribution in [2.45, 2.75) is 58.5 Å². The van der Waals surface area contributed by atoms with Gasteiger partial charge in [-0.1, -0.05) is 13.8 Å². The Morgan fingerprint density at radius 1 is 1.14 bits per heavy atom. The summed E-state index contributed by atoms with van der Waals surface area (Å²) in [4.78, 5) is 0. The molecule has 2 nitrogen and oxygen atoms in total. The van der Waals surface area contributed by atoms with Crippen LogP contribution in [-0.2, 0) is 0 Å². The number of rotatable bonds is 5. The molecule has 1 atom stereocenters. The Bertz CT molecular complexity index is 139. The maximum absolute atomic E-state index is 3.73. The minimum atomic E-state index is 0.695.